The van der Waals surface area contributed by atoms with E-state index in [2.05, 4.69) is 11.4 Å². The van der Waals surface area contributed by atoms with Crippen LogP contribution in [0.3, 0.4) is 0 Å². The van der Waals surface area contributed by atoms with Crippen molar-refractivity contribution in [1.29, 1.82) is 0 Å². The van der Waals surface area contributed by atoms with Crippen LogP contribution in [0.4, 0.5) is 0 Å². The average Bonchev–Trinajstić information content (AvgIpc) is 2.27. The number of aliphatic hydroxyl groups is 1. The summed E-state index contributed by atoms with van der Waals surface area (Å²) in [7, 11) is 0. The number of hydrogen-bond acceptors (Lipinski definition) is 2. The fraction of sp³-hybridized carbons (Fsp3) is 0.538. The van der Waals surface area contributed by atoms with Gasteiger partial charge in [-0.15, -0.1) is 0 Å². The number of nitrogens with one attached hydrogen (secondary N) is 1. The first kappa shape index (κ1) is 11.9. The highest BCUT2D eigenvalue weighted by Gasteiger charge is 2.21. The summed E-state index contributed by atoms with van der Waals surface area (Å²) in [5, 5.41) is 13.6. The Labute approximate surface area is 102 Å². The summed E-state index contributed by atoms with van der Waals surface area (Å²) in [6.45, 7) is 2.44. The van der Waals surface area contributed by atoms with Gasteiger partial charge >= 0.3 is 0 Å². The molecule has 0 amide bonds. The van der Waals surface area contributed by atoms with E-state index < -0.39 is 0 Å². The smallest absolute Gasteiger partial charge is 0.0636 e. The van der Waals surface area contributed by atoms with Crippen LogP contribution in [0.25, 0.3) is 0 Å². The molecule has 1 aliphatic carbocycles. The second-order valence-electron chi connectivity index (χ2n) is 4.51. The van der Waals surface area contributed by atoms with Crippen molar-refractivity contribution in [2.24, 2.45) is 0 Å². The van der Waals surface area contributed by atoms with Gasteiger partial charge in [0.2, 0.25) is 0 Å². The summed E-state index contributed by atoms with van der Waals surface area (Å²) in [6.07, 6.45) is 3.06. The Bertz CT molecular complexity index is 365. The second-order valence-corrected chi connectivity index (χ2v) is 4.92. The third kappa shape index (κ3) is 2.57. The Balaban J connectivity index is 2.16. The van der Waals surface area contributed by atoms with Crippen molar-refractivity contribution in [2.75, 3.05) is 6.54 Å². The van der Waals surface area contributed by atoms with Crippen LogP contribution in [-0.2, 0) is 6.42 Å². The molecule has 1 unspecified atom stereocenters. The normalized spacial score (nSPS) is 21.6. The molecule has 0 aliphatic heterocycles. The first-order chi connectivity index (χ1) is 7.68. The lowest BCUT2D eigenvalue weighted by atomic mass is 9.87. The summed E-state index contributed by atoms with van der Waals surface area (Å²) in [6, 6.07) is 6.44. The summed E-state index contributed by atoms with van der Waals surface area (Å²) in [5.74, 6) is 0. The quantitative estimate of drug-likeness (QED) is 0.850. The molecule has 1 aromatic rings. The predicted octanol–water partition coefficient (Wildman–Crippen LogP) is 2.69. The Morgan fingerprint density at radius 3 is 3.12 bits per heavy atom. The molecule has 0 fully saturated rings. The van der Waals surface area contributed by atoms with Gasteiger partial charge in [0.15, 0.2) is 0 Å². The van der Waals surface area contributed by atoms with Gasteiger partial charge in [-0.1, -0.05) is 23.7 Å². The molecular weight excluding hydrogens is 222 g/mol. The largest absolute Gasteiger partial charge is 0.392 e. The zero-order valence-corrected chi connectivity index (χ0v) is 10.3. The lowest BCUT2D eigenvalue weighted by Crippen LogP contribution is -2.31. The highest BCUT2D eigenvalue weighted by Crippen LogP contribution is 2.33. The SMILES string of the molecule is C[C@H](O)CNC1CCCc2c(Cl)cccc21. The number of halogens is 1. The fourth-order valence-corrected chi connectivity index (χ4v) is 2.61. The lowest BCUT2D eigenvalue weighted by molar-refractivity contribution is 0.184. The predicted molar refractivity (Wildman–Crippen MR) is 66.8 cm³/mol. The molecule has 3 heteroatoms. The van der Waals surface area contributed by atoms with E-state index in [4.69, 9.17) is 11.6 Å². The Morgan fingerprint density at radius 2 is 2.38 bits per heavy atom. The minimum atomic E-state index is -0.301. The number of aliphatic hydroxyl groups excluding tert-OH is 1. The maximum atomic E-state index is 9.30. The summed E-state index contributed by atoms with van der Waals surface area (Å²) in [5.41, 5.74) is 2.58. The van der Waals surface area contributed by atoms with Gasteiger partial charge in [-0.05, 0) is 43.4 Å². The molecule has 2 rings (SSSR count). The van der Waals surface area contributed by atoms with Crippen LogP contribution in [0.5, 0.6) is 0 Å². The molecule has 2 nitrogen and oxygen atoms in total. The van der Waals surface area contributed by atoms with E-state index in [1.807, 2.05) is 12.1 Å². The highest BCUT2D eigenvalue weighted by atomic mass is 35.5. The second kappa shape index (κ2) is 5.17. The van der Waals surface area contributed by atoms with Crippen molar-refractivity contribution in [3.63, 3.8) is 0 Å². The van der Waals surface area contributed by atoms with Crippen LogP contribution in [0.2, 0.25) is 5.02 Å². The standard InChI is InChI=1S/C13H18ClNO/c1-9(16)8-15-13-7-3-4-10-11(13)5-2-6-12(10)14/h2,5-6,9,13,15-16H,3-4,7-8H2,1H3/t9-,13?/m0/s1. The third-order valence-electron chi connectivity index (χ3n) is 3.11. The Kier molecular flexibility index (Phi) is 3.85. The van der Waals surface area contributed by atoms with Gasteiger partial charge in [-0.3, -0.25) is 0 Å². The molecule has 88 valence electrons. The van der Waals surface area contributed by atoms with Gasteiger partial charge in [0.05, 0.1) is 6.10 Å². The van der Waals surface area contributed by atoms with E-state index in [1.165, 1.54) is 11.1 Å². The first-order valence-corrected chi connectivity index (χ1v) is 6.25. The molecule has 0 saturated heterocycles. The van der Waals surface area contributed by atoms with E-state index in [1.54, 1.807) is 6.92 Å². The molecule has 1 aromatic carbocycles. The van der Waals surface area contributed by atoms with Crippen LogP contribution in [-0.4, -0.2) is 17.8 Å². The molecule has 1 aliphatic rings. The molecule has 0 aromatic heterocycles. The Morgan fingerprint density at radius 1 is 1.56 bits per heavy atom. The monoisotopic (exact) mass is 239 g/mol. The van der Waals surface area contributed by atoms with Crippen molar-refractivity contribution in [1.82, 2.24) is 5.32 Å². The molecule has 0 saturated carbocycles. The van der Waals surface area contributed by atoms with E-state index >= 15 is 0 Å². The van der Waals surface area contributed by atoms with Crippen LogP contribution < -0.4 is 5.32 Å². The molecule has 16 heavy (non-hydrogen) atoms. The maximum absolute atomic E-state index is 9.30. The van der Waals surface area contributed by atoms with Gasteiger partial charge in [0.1, 0.15) is 0 Å². The van der Waals surface area contributed by atoms with Crippen LogP contribution in [0.1, 0.15) is 36.9 Å². The number of hydrogen-bond donors (Lipinski definition) is 2. The zero-order valence-electron chi connectivity index (χ0n) is 9.54. The highest BCUT2D eigenvalue weighted by molar-refractivity contribution is 6.31. The van der Waals surface area contributed by atoms with Gasteiger partial charge in [0.25, 0.3) is 0 Å². The van der Waals surface area contributed by atoms with E-state index in [9.17, 15) is 5.11 Å². The van der Waals surface area contributed by atoms with Gasteiger partial charge in [0, 0.05) is 17.6 Å². The van der Waals surface area contributed by atoms with Crippen molar-refractivity contribution >= 4 is 11.6 Å². The van der Waals surface area contributed by atoms with Crippen LogP contribution in [0.15, 0.2) is 18.2 Å². The molecule has 0 heterocycles. The minimum absolute atomic E-state index is 0.301. The van der Waals surface area contributed by atoms with Crippen molar-refractivity contribution in [3.8, 4) is 0 Å². The number of rotatable bonds is 3. The third-order valence-corrected chi connectivity index (χ3v) is 3.46. The summed E-state index contributed by atoms with van der Waals surface area (Å²) < 4.78 is 0. The van der Waals surface area contributed by atoms with Gasteiger partial charge in [-0.25, -0.2) is 0 Å². The number of fused-ring (bicyclic) bond motifs is 1. The summed E-state index contributed by atoms with van der Waals surface area (Å²) >= 11 is 6.19. The van der Waals surface area contributed by atoms with Gasteiger partial charge < -0.3 is 10.4 Å². The van der Waals surface area contributed by atoms with Crippen molar-refractivity contribution < 1.29 is 5.11 Å². The topological polar surface area (TPSA) is 32.3 Å². The number of benzene rings is 1. The van der Waals surface area contributed by atoms with E-state index in [0.29, 0.717) is 12.6 Å². The average molecular weight is 240 g/mol. The van der Waals surface area contributed by atoms with Crippen LogP contribution in [0, 0.1) is 0 Å². The molecule has 2 N–H and O–H groups in total. The summed E-state index contributed by atoms with van der Waals surface area (Å²) in [4.78, 5) is 0. The molecule has 0 bridgehead atoms. The maximum Gasteiger partial charge on any atom is 0.0636 e. The van der Waals surface area contributed by atoms with E-state index in [-0.39, 0.29) is 6.10 Å². The van der Waals surface area contributed by atoms with E-state index in [0.717, 1.165) is 24.3 Å². The van der Waals surface area contributed by atoms with Crippen LogP contribution >= 0.6 is 11.6 Å². The zero-order chi connectivity index (χ0) is 11.5. The molecular formula is C13H18ClNO. The van der Waals surface area contributed by atoms with Crippen molar-refractivity contribution in [2.45, 2.75) is 38.3 Å². The molecule has 0 spiro atoms. The first-order valence-electron chi connectivity index (χ1n) is 5.87. The molecule has 2 atom stereocenters. The van der Waals surface area contributed by atoms with Crippen molar-refractivity contribution in [3.05, 3.63) is 34.3 Å². The Hall–Kier alpha value is -0.570. The van der Waals surface area contributed by atoms with Gasteiger partial charge in [-0.2, -0.15) is 0 Å². The minimum Gasteiger partial charge on any atom is -0.392 e. The lowest BCUT2D eigenvalue weighted by Gasteiger charge is -2.27. The fourth-order valence-electron chi connectivity index (χ4n) is 2.33. The molecule has 0 radical (unpaired) electrons.